The van der Waals surface area contributed by atoms with Gasteiger partial charge in [0.25, 0.3) is 0 Å². The van der Waals surface area contributed by atoms with Crippen LogP contribution < -0.4 is 4.90 Å². The number of aromatic nitrogens is 3. The summed E-state index contributed by atoms with van der Waals surface area (Å²) in [6.07, 6.45) is 6.25. The van der Waals surface area contributed by atoms with Crippen molar-refractivity contribution in [3.8, 4) is 0 Å². The zero-order chi connectivity index (χ0) is 32.6. The maximum absolute atomic E-state index is 13.5. The second kappa shape index (κ2) is 15.2. The van der Waals surface area contributed by atoms with E-state index in [2.05, 4.69) is 49.2 Å². The quantitative estimate of drug-likeness (QED) is 0.135. The average Bonchev–Trinajstić information content (AvgIpc) is 3.40. The largest absolute Gasteiger partial charge is 0.464 e. The van der Waals surface area contributed by atoms with Crippen LogP contribution in [0, 0.1) is 6.92 Å². The molecule has 0 spiro atoms. The lowest BCUT2D eigenvalue weighted by atomic mass is 9.92. The first-order valence-corrected chi connectivity index (χ1v) is 16.0. The number of nitrogens with zero attached hydrogens (tertiary/aromatic N) is 4. The molecule has 9 heteroatoms. The van der Waals surface area contributed by atoms with Crippen molar-refractivity contribution in [3.05, 3.63) is 83.7 Å². The van der Waals surface area contributed by atoms with Crippen molar-refractivity contribution >= 4 is 17.4 Å². The van der Waals surface area contributed by atoms with Crippen molar-refractivity contribution in [1.82, 2.24) is 14.6 Å². The molecule has 1 fully saturated rings. The second-order valence-corrected chi connectivity index (χ2v) is 12.9. The van der Waals surface area contributed by atoms with Gasteiger partial charge >= 0.3 is 5.97 Å². The number of piperidine rings is 1. The van der Waals surface area contributed by atoms with Gasteiger partial charge in [-0.15, -0.1) is 13.2 Å². The van der Waals surface area contributed by atoms with Crippen LogP contribution in [0.15, 0.2) is 55.6 Å². The number of esters is 1. The lowest BCUT2D eigenvalue weighted by Crippen LogP contribution is -2.45. The highest BCUT2D eigenvalue weighted by Gasteiger charge is 2.38. The fourth-order valence-corrected chi connectivity index (χ4v) is 5.65. The molecule has 1 atom stereocenters. The van der Waals surface area contributed by atoms with E-state index in [1.165, 1.54) is 5.56 Å². The van der Waals surface area contributed by atoms with Crippen molar-refractivity contribution in [2.75, 3.05) is 31.2 Å². The highest BCUT2D eigenvalue weighted by molar-refractivity contribution is 5.80. The van der Waals surface area contributed by atoms with Crippen LogP contribution in [-0.4, -0.2) is 58.1 Å². The van der Waals surface area contributed by atoms with Crippen molar-refractivity contribution in [2.24, 2.45) is 0 Å². The minimum absolute atomic E-state index is 0.246. The maximum Gasteiger partial charge on any atom is 0.340 e. The van der Waals surface area contributed by atoms with Crippen LogP contribution in [0.5, 0.6) is 0 Å². The summed E-state index contributed by atoms with van der Waals surface area (Å²) in [4.78, 5) is 20.6. The summed E-state index contributed by atoms with van der Waals surface area (Å²) in [6, 6.07) is 10.4. The van der Waals surface area contributed by atoms with Gasteiger partial charge in [-0.2, -0.15) is 9.61 Å². The van der Waals surface area contributed by atoms with Gasteiger partial charge in [-0.1, -0.05) is 36.4 Å². The van der Waals surface area contributed by atoms with Crippen LogP contribution in [-0.2, 0) is 43.4 Å². The molecule has 0 amide bonds. The Bertz CT molecular complexity index is 1470. The molecule has 3 heterocycles. The molecule has 0 bridgehead atoms. The molecule has 244 valence electrons. The summed E-state index contributed by atoms with van der Waals surface area (Å²) in [5, 5.41) is 4.97. The molecule has 0 N–H and O–H groups in total. The smallest absolute Gasteiger partial charge is 0.340 e. The third kappa shape index (κ3) is 9.02. The van der Waals surface area contributed by atoms with Crippen LogP contribution in [0.2, 0.25) is 0 Å². The van der Waals surface area contributed by atoms with Gasteiger partial charge < -0.3 is 23.8 Å². The fraction of sp³-hybridized carbons (Fsp3) is 0.528. The van der Waals surface area contributed by atoms with E-state index in [0.29, 0.717) is 49.8 Å². The van der Waals surface area contributed by atoms with Crippen molar-refractivity contribution < 1.29 is 23.7 Å². The molecule has 1 saturated heterocycles. The molecule has 1 aliphatic rings. The Morgan fingerprint density at radius 3 is 2.51 bits per heavy atom. The van der Waals surface area contributed by atoms with E-state index < -0.39 is 17.7 Å². The Labute approximate surface area is 268 Å². The van der Waals surface area contributed by atoms with Crippen molar-refractivity contribution in [2.45, 2.75) is 97.7 Å². The molecule has 0 saturated carbocycles. The predicted octanol–water partition coefficient (Wildman–Crippen LogP) is 6.85. The minimum Gasteiger partial charge on any atom is -0.464 e. The molecule has 0 aliphatic carbocycles. The summed E-state index contributed by atoms with van der Waals surface area (Å²) in [6.45, 7) is 22.2. The fourth-order valence-electron chi connectivity index (χ4n) is 5.65. The van der Waals surface area contributed by atoms with Gasteiger partial charge in [-0.3, -0.25) is 0 Å². The van der Waals surface area contributed by atoms with Gasteiger partial charge in [0.05, 0.1) is 48.9 Å². The Morgan fingerprint density at radius 1 is 1.11 bits per heavy atom. The summed E-state index contributed by atoms with van der Waals surface area (Å²) in [5.41, 5.74) is 4.31. The summed E-state index contributed by atoms with van der Waals surface area (Å²) in [5.74, 6) is 0.340. The molecule has 1 unspecified atom stereocenters. The number of anilines is 1. The van der Waals surface area contributed by atoms with Gasteiger partial charge in [0.2, 0.25) is 0 Å². The third-order valence-corrected chi connectivity index (χ3v) is 7.91. The molecular formula is C36H50N4O5. The van der Waals surface area contributed by atoms with Gasteiger partial charge in [-0.25, -0.2) is 9.78 Å². The predicted molar refractivity (Wildman–Crippen MR) is 177 cm³/mol. The first kappa shape index (κ1) is 34.3. The number of hydrogen-bond acceptors (Lipinski definition) is 8. The average molecular weight is 619 g/mol. The number of benzene rings is 1. The van der Waals surface area contributed by atoms with Gasteiger partial charge in [0.15, 0.2) is 11.8 Å². The molecule has 0 radical (unpaired) electrons. The number of rotatable bonds is 15. The Balaban J connectivity index is 1.69. The standard InChI is InChI=1S/C36H50N4O5/c1-9-12-14-27-15-13-16-28(22-27)24-42-25-29-23-30-37-26(4)31(32(34(41)43-11-3)45-35(5,6)7)33(40(30)38-29)39-19-17-36(8,18-20-39)44-21-10-2/h9-10,13,15-16,22-23,32H,1-2,11-12,14,17-21,24-25H2,3-8H3. The first-order valence-electron chi connectivity index (χ1n) is 16.0. The zero-order valence-corrected chi connectivity index (χ0v) is 27.9. The number of allylic oxidation sites excluding steroid dienone is 1. The monoisotopic (exact) mass is 618 g/mol. The normalized spacial score (nSPS) is 15.6. The maximum atomic E-state index is 13.5. The molecule has 45 heavy (non-hydrogen) atoms. The van der Waals surface area contributed by atoms with Gasteiger partial charge in [0.1, 0.15) is 5.82 Å². The zero-order valence-electron chi connectivity index (χ0n) is 27.9. The molecule has 1 aromatic carbocycles. The van der Waals surface area contributed by atoms with E-state index >= 15 is 0 Å². The Hall–Kier alpha value is -3.53. The van der Waals surface area contributed by atoms with Crippen molar-refractivity contribution in [3.63, 3.8) is 0 Å². The number of hydrogen-bond donors (Lipinski definition) is 0. The SMILES string of the molecule is C=CCCc1cccc(COCc2cc3nc(C)c(C(OC(C)(C)C)C(=O)OCC)c(N4CCC(C)(OCC=C)CC4)n3n2)c1. The third-order valence-electron chi connectivity index (χ3n) is 7.91. The van der Waals surface area contributed by atoms with Crippen molar-refractivity contribution in [1.29, 1.82) is 0 Å². The van der Waals surface area contributed by atoms with E-state index in [1.54, 1.807) is 13.0 Å². The van der Waals surface area contributed by atoms with E-state index in [4.69, 9.17) is 29.0 Å². The topological polar surface area (TPSA) is 87.4 Å². The number of carbonyl (C=O) groups is 1. The van der Waals surface area contributed by atoms with Crippen LogP contribution in [0.25, 0.3) is 5.65 Å². The summed E-state index contributed by atoms with van der Waals surface area (Å²) in [7, 11) is 0. The molecule has 2 aromatic heterocycles. The number of ether oxygens (including phenoxy) is 4. The molecule has 1 aliphatic heterocycles. The lowest BCUT2D eigenvalue weighted by molar-refractivity contribution is -0.166. The Kier molecular flexibility index (Phi) is 11.6. The minimum atomic E-state index is -0.973. The van der Waals surface area contributed by atoms with Crippen LogP contribution in [0.1, 0.15) is 88.1 Å². The first-order chi connectivity index (χ1) is 21.5. The molecule has 9 nitrogen and oxygen atoms in total. The van der Waals surface area contributed by atoms with Crippen LogP contribution in [0.4, 0.5) is 5.82 Å². The second-order valence-electron chi connectivity index (χ2n) is 12.9. The van der Waals surface area contributed by atoms with E-state index in [9.17, 15) is 4.79 Å². The summed E-state index contributed by atoms with van der Waals surface area (Å²) >= 11 is 0. The lowest BCUT2D eigenvalue weighted by Gasteiger charge is -2.41. The number of fused-ring (bicyclic) bond motifs is 1. The number of carbonyl (C=O) groups excluding carboxylic acids is 1. The highest BCUT2D eigenvalue weighted by Crippen LogP contribution is 2.38. The van der Waals surface area contributed by atoms with Crippen LogP contribution >= 0.6 is 0 Å². The molecular weight excluding hydrogens is 568 g/mol. The number of aryl methyl sites for hydroxylation is 2. The molecule has 3 aromatic rings. The molecule has 4 rings (SSSR count). The van der Waals surface area contributed by atoms with E-state index in [-0.39, 0.29) is 12.2 Å². The van der Waals surface area contributed by atoms with Crippen LogP contribution in [0.3, 0.4) is 0 Å². The Morgan fingerprint density at radius 2 is 1.84 bits per heavy atom. The van der Waals surface area contributed by atoms with E-state index in [0.717, 1.165) is 42.8 Å². The van der Waals surface area contributed by atoms with Gasteiger partial charge in [-0.05, 0) is 78.4 Å². The summed E-state index contributed by atoms with van der Waals surface area (Å²) < 4.78 is 26.0. The van der Waals surface area contributed by atoms with E-state index in [1.807, 2.05) is 44.4 Å². The highest BCUT2D eigenvalue weighted by atomic mass is 16.6. The van der Waals surface area contributed by atoms with Gasteiger partial charge in [0, 0.05) is 24.8 Å².